The van der Waals surface area contributed by atoms with Crippen molar-refractivity contribution in [2.45, 2.75) is 44.9 Å². The first-order chi connectivity index (χ1) is 12.8. The number of nitrogens with one attached hydrogen (secondary N) is 2. The second-order valence-electron chi connectivity index (χ2n) is 8.14. The number of benzene rings is 1. The van der Waals surface area contributed by atoms with Crippen molar-refractivity contribution in [3.8, 4) is 11.3 Å². The monoisotopic (exact) mass is 345 g/mol. The van der Waals surface area contributed by atoms with E-state index in [4.69, 9.17) is 0 Å². The molecule has 2 N–H and O–H groups in total. The first kappa shape index (κ1) is 16.1. The summed E-state index contributed by atoms with van der Waals surface area (Å²) >= 11 is 0. The molecule has 1 aliphatic heterocycles. The summed E-state index contributed by atoms with van der Waals surface area (Å²) in [5.74, 6) is 1.58. The van der Waals surface area contributed by atoms with E-state index >= 15 is 0 Å². The van der Waals surface area contributed by atoms with Gasteiger partial charge in [-0.1, -0.05) is 6.07 Å². The van der Waals surface area contributed by atoms with E-state index in [0.29, 0.717) is 5.92 Å². The van der Waals surface area contributed by atoms with Gasteiger partial charge in [0, 0.05) is 34.1 Å². The van der Waals surface area contributed by atoms with Crippen LogP contribution in [0.2, 0.25) is 0 Å². The van der Waals surface area contributed by atoms with Crippen molar-refractivity contribution >= 4 is 10.9 Å². The Morgan fingerprint density at radius 1 is 1.04 bits per heavy atom. The standard InChI is InChI=1S/C23H27N3/c1-15-12-19(8-11-25-15)23-21(13-16-2-3-16)20-14-18(4-5-22(20)26-23)17-6-9-24-10-7-17/h4-5,8,11-12,14,16-17,24,26H,2-3,6-7,9-10,13H2,1H3. The van der Waals surface area contributed by atoms with E-state index in [9.17, 15) is 0 Å². The Kier molecular flexibility index (Phi) is 4.05. The van der Waals surface area contributed by atoms with Crippen molar-refractivity contribution in [3.63, 3.8) is 0 Å². The van der Waals surface area contributed by atoms with E-state index in [1.165, 1.54) is 65.4 Å². The fraction of sp³-hybridized carbons (Fsp3) is 0.435. The maximum absolute atomic E-state index is 4.38. The van der Waals surface area contributed by atoms with Gasteiger partial charge in [0.1, 0.15) is 0 Å². The number of pyridine rings is 1. The third kappa shape index (κ3) is 3.05. The maximum atomic E-state index is 4.38. The molecule has 3 heterocycles. The van der Waals surface area contributed by atoms with E-state index in [1.54, 1.807) is 0 Å². The van der Waals surface area contributed by atoms with Gasteiger partial charge in [-0.2, -0.15) is 0 Å². The Hall–Kier alpha value is -2.13. The van der Waals surface area contributed by atoms with Crippen molar-refractivity contribution < 1.29 is 0 Å². The third-order valence-electron chi connectivity index (χ3n) is 6.12. The van der Waals surface area contributed by atoms with E-state index in [1.807, 2.05) is 6.20 Å². The highest BCUT2D eigenvalue weighted by Gasteiger charge is 2.26. The second-order valence-corrected chi connectivity index (χ2v) is 8.14. The number of rotatable bonds is 4. The van der Waals surface area contributed by atoms with Gasteiger partial charge < -0.3 is 10.3 Å². The van der Waals surface area contributed by atoms with Crippen LogP contribution in [0, 0.1) is 12.8 Å². The van der Waals surface area contributed by atoms with Crippen LogP contribution in [0.5, 0.6) is 0 Å². The van der Waals surface area contributed by atoms with Crippen LogP contribution in [0.15, 0.2) is 36.5 Å². The lowest BCUT2D eigenvalue weighted by Gasteiger charge is -2.23. The molecule has 2 aliphatic rings. The largest absolute Gasteiger partial charge is 0.354 e. The first-order valence-corrected chi connectivity index (χ1v) is 10.1. The van der Waals surface area contributed by atoms with Gasteiger partial charge >= 0.3 is 0 Å². The van der Waals surface area contributed by atoms with Crippen LogP contribution >= 0.6 is 0 Å². The van der Waals surface area contributed by atoms with Gasteiger partial charge in [-0.15, -0.1) is 0 Å². The molecule has 5 rings (SSSR count). The summed E-state index contributed by atoms with van der Waals surface area (Å²) in [7, 11) is 0. The van der Waals surface area contributed by atoms with Crippen LogP contribution in [-0.2, 0) is 6.42 Å². The molecule has 0 unspecified atom stereocenters. The van der Waals surface area contributed by atoms with Crippen molar-refractivity contribution in [3.05, 3.63) is 53.3 Å². The van der Waals surface area contributed by atoms with Crippen molar-refractivity contribution in [1.29, 1.82) is 0 Å². The van der Waals surface area contributed by atoms with Gasteiger partial charge in [0.05, 0.1) is 0 Å². The topological polar surface area (TPSA) is 40.7 Å². The van der Waals surface area contributed by atoms with E-state index in [-0.39, 0.29) is 0 Å². The van der Waals surface area contributed by atoms with Gasteiger partial charge in [0.2, 0.25) is 0 Å². The zero-order valence-corrected chi connectivity index (χ0v) is 15.5. The molecule has 1 aliphatic carbocycles. The molecule has 134 valence electrons. The molecule has 0 radical (unpaired) electrons. The molecule has 0 atom stereocenters. The van der Waals surface area contributed by atoms with Gasteiger partial charge in [-0.05, 0) is 99.3 Å². The van der Waals surface area contributed by atoms with E-state index in [2.05, 4.69) is 52.5 Å². The number of aryl methyl sites for hydroxylation is 1. The highest BCUT2D eigenvalue weighted by Crippen LogP contribution is 2.40. The molecular weight excluding hydrogens is 318 g/mol. The lowest BCUT2D eigenvalue weighted by Crippen LogP contribution is -2.26. The molecule has 0 spiro atoms. The summed E-state index contributed by atoms with van der Waals surface area (Å²) in [6.45, 7) is 4.36. The lowest BCUT2D eigenvalue weighted by atomic mass is 9.89. The number of hydrogen-bond acceptors (Lipinski definition) is 2. The van der Waals surface area contributed by atoms with E-state index in [0.717, 1.165) is 24.7 Å². The minimum Gasteiger partial charge on any atom is -0.354 e. The predicted octanol–water partition coefficient (Wildman–Crippen LogP) is 4.96. The summed E-state index contributed by atoms with van der Waals surface area (Å²) in [6, 6.07) is 11.5. The van der Waals surface area contributed by atoms with Gasteiger partial charge in [-0.3, -0.25) is 4.98 Å². The van der Waals surface area contributed by atoms with Crippen LogP contribution in [0.3, 0.4) is 0 Å². The van der Waals surface area contributed by atoms with Crippen LogP contribution in [-0.4, -0.2) is 23.1 Å². The van der Waals surface area contributed by atoms with Crippen molar-refractivity contribution in [2.24, 2.45) is 5.92 Å². The number of hydrogen-bond donors (Lipinski definition) is 2. The minimum atomic E-state index is 0.705. The summed E-state index contributed by atoms with van der Waals surface area (Å²) in [4.78, 5) is 8.11. The Labute approximate surface area is 155 Å². The Morgan fingerprint density at radius 2 is 1.88 bits per heavy atom. The summed E-state index contributed by atoms with van der Waals surface area (Å²) in [5, 5.41) is 4.93. The van der Waals surface area contributed by atoms with Crippen LogP contribution < -0.4 is 5.32 Å². The molecule has 3 heteroatoms. The normalized spacial score (nSPS) is 18.5. The Morgan fingerprint density at radius 3 is 2.65 bits per heavy atom. The smallest absolute Gasteiger partial charge is 0.0498 e. The molecular formula is C23H27N3. The lowest BCUT2D eigenvalue weighted by molar-refractivity contribution is 0.460. The highest BCUT2D eigenvalue weighted by molar-refractivity contribution is 5.91. The number of nitrogens with zero attached hydrogens (tertiary/aromatic N) is 1. The Bertz CT molecular complexity index is 930. The SMILES string of the molecule is Cc1cc(-c2[nH]c3ccc(C4CCNCC4)cc3c2CC2CC2)ccn1. The summed E-state index contributed by atoms with van der Waals surface area (Å²) in [5.41, 5.74) is 7.97. The minimum absolute atomic E-state index is 0.705. The molecule has 1 saturated heterocycles. The van der Waals surface area contributed by atoms with Crippen LogP contribution in [0.4, 0.5) is 0 Å². The van der Waals surface area contributed by atoms with E-state index < -0.39 is 0 Å². The zero-order chi connectivity index (χ0) is 17.5. The second kappa shape index (κ2) is 6.55. The molecule has 1 aromatic carbocycles. The molecule has 3 nitrogen and oxygen atoms in total. The highest BCUT2D eigenvalue weighted by atomic mass is 14.9. The number of piperidine rings is 1. The molecule has 3 aromatic rings. The maximum Gasteiger partial charge on any atom is 0.0498 e. The molecule has 1 saturated carbocycles. The quantitative estimate of drug-likeness (QED) is 0.702. The molecule has 26 heavy (non-hydrogen) atoms. The zero-order valence-electron chi connectivity index (χ0n) is 15.5. The average molecular weight is 345 g/mol. The number of aromatic nitrogens is 2. The third-order valence-corrected chi connectivity index (χ3v) is 6.12. The fourth-order valence-corrected chi connectivity index (χ4v) is 4.44. The Balaban J connectivity index is 1.62. The predicted molar refractivity (Wildman–Crippen MR) is 108 cm³/mol. The van der Waals surface area contributed by atoms with Crippen molar-refractivity contribution in [1.82, 2.24) is 15.3 Å². The fourth-order valence-electron chi connectivity index (χ4n) is 4.44. The van der Waals surface area contributed by atoms with Gasteiger partial charge in [0.25, 0.3) is 0 Å². The molecule has 2 aromatic heterocycles. The van der Waals surface area contributed by atoms with Crippen LogP contribution in [0.25, 0.3) is 22.2 Å². The molecule has 0 bridgehead atoms. The molecule has 0 amide bonds. The average Bonchev–Trinajstić information content (AvgIpc) is 3.42. The van der Waals surface area contributed by atoms with Gasteiger partial charge in [-0.25, -0.2) is 0 Å². The number of fused-ring (bicyclic) bond motifs is 1. The van der Waals surface area contributed by atoms with Crippen LogP contribution in [0.1, 0.15) is 48.4 Å². The molecule has 2 fully saturated rings. The van der Waals surface area contributed by atoms with Crippen molar-refractivity contribution in [2.75, 3.05) is 13.1 Å². The first-order valence-electron chi connectivity index (χ1n) is 10.1. The summed E-state index contributed by atoms with van der Waals surface area (Å²) in [6.07, 6.45) is 8.41. The van der Waals surface area contributed by atoms with Gasteiger partial charge in [0.15, 0.2) is 0 Å². The summed E-state index contributed by atoms with van der Waals surface area (Å²) < 4.78 is 0. The number of aromatic amines is 1. The number of H-pyrrole nitrogens is 1.